The van der Waals surface area contributed by atoms with Gasteiger partial charge in [0.15, 0.2) is 0 Å². The average molecular weight is 614 g/mol. The largest absolute Gasteiger partial charge is 0.352 e. The number of sulfonamides is 1. The first-order valence-electron chi connectivity index (χ1n) is 14.2. The maximum atomic E-state index is 14.8. The fraction of sp³-hybridized carbons (Fsp3) is 0.375. The van der Waals surface area contributed by atoms with Gasteiger partial charge in [-0.05, 0) is 69.5 Å². The molecule has 7 nitrogen and oxygen atoms in total. The lowest BCUT2D eigenvalue weighted by atomic mass is 9.95. The highest BCUT2D eigenvalue weighted by atomic mass is 35.5. The molecule has 0 heterocycles. The third-order valence-electron chi connectivity index (χ3n) is 7.75. The lowest BCUT2D eigenvalue weighted by molar-refractivity contribution is -0.139. The molecule has 42 heavy (non-hydrogen) atoms. The second kappa shape index (κ2) is 13.7. The van der Waals surface area contributed by atoms with Crippen LogP contribution in [-0.2, 0) is 26.2 Å². The second-order valence-electron chi connectivity index (χ2n) is 10.9. The molecule has 4 rings (SSSR count). The highest BCUT2D eigenvalue weighted by Crippen LogP contribution is 2.30. The fourth-order valence-corrected chi connectivity index (χ4v) is 6.80. The van der Waals surface area contributed by atoms with Crippen molar-refractivity contribution in [2.45, 2.75) is 76.4 Å². The Balaban J connectivity index is 1.72. The lowest BCUT2D eigenvalue weighted by Crippen LogP contribution is -2.53. The number of carbonyl (C=O) groups excluding carboxylic acids is 2. The Hall–Kier alpha value is -3.43. The minimum Gasteiger partial charge on any atom is -0.352 e. The molecule has 0 radical (unpaired) electrons. The van der Waals surface area contributed by atoms with Crippen LogP contribution >= 0.6 is 11.6 Å². The van der Waals surface area contributed by atoms with Gasteiger partial charge in [0.25, 0.3) is 10.0 Å². The van der Waals surface area contributed by atoms with Crippen LogP contribution in [0.4, 0.5) is 10.1 Å². The van der Waals surface area contributed by atoms with E-state index in [1.165, 1.54) is 29.2 Å². The Morgan fingerprint density at radius 1 is 1.00 bits per heavy atom. The Kier molecular flexibility index (Phi) is 10.3. The fourth-order valence-electron chi connectivity index (χ4n) is 5.16. The van der Waals surface area contributed by atoms with Crippen molar-refractivity contribution in [2.24, 2.45) is 0 Å². The molecule has 0 spiro atoms. The highest BCUT2D eigenvalue weighted by Gasteiger charge is 2.34. The molecule has 1 unspecified atom stereocenters. The maximum absolute atomic E-state index is 14.8. The van der Waals surface area contributed by atoms with Gasteiger partial charge in [0.05, 0.1) is 10.6 Å². The highest BCUT2D eigenvalue weighted by molar-refractivity contribution is 7.92. The summed E-state index contributed by atoms with van der Waals surface area (Å²) in [7, 11) is -4.24. The molecule has 0 aliphatic heterocycles. The van der Waals surface area contributed by atoms with Gasteiger partial charge in [0, 0.05) is 23.2 Å². The maximum Gasteiger partial charge on any atom is 0.264 e. The molecule has 0 bridgehead atoms. The molecule has 1 saturated carbocycles. The van der Waals surface area contributed by atoms with Gasteiger partial charge in [0.1, 0.15) is 18.4 Å². The molecular weight excluding hydrogens is 577 g/mol. The summed E-state index contributed by atoms with van der Waals surface area (Å²) < 4.78 is 43.8. The van der Waals surface area contributed by atoms with Gasteiger partial charge in [-0.2, -0.15) is 0 Å². The first kappa shape index (κ1) is 31.5. The number of rotatable bonds is 10. The number of hydrogen-bond donors (Lipinski definition) is 1. The van der Waals surface area contributed by atoms with Crippen molar-refractivity contribution in [3.63, 3.8) is 0 Å². The van der Waals surface area contributed by atoms with Crippen LogP contribution in [0, 0.1) is 19.7 Å². The molecule has 2 amide bonds. The standard InChI is InChI=1S/C32H37ClFN3O4S/c1-22-13-17-28(18-14-22)42(40,41)37(30-19-26(33)16-15-23(30)2)21-31(38)36(20-25-9-7-8-12-29(25)34)24(3)32(39)35-27-10-5-4-6-11-27/h7-9,12-19,24,27H,4-6,10-11,20-21H2,1-3H3,(H,35,39). The van der Waals surface area contributed by atoms with Crippen molar-refractivity contribution >= 4 is 39.1 Å². The molecule has 3 aromatic rings. The zero-order valence-electron chi connectivity index (χ0n) is 24.1. The third kappa shape index (κ3) is 7.50. The molecule has 0 aromatic heterocycles. The van der Waals surface area contributed by atoms with Crippen LogP contribution in [-0.4, -0.2) is 43.8 Å². The number of nitrogens with one attached hydrogen (secondary N) is 1. The minimum atomic E-state index is -4.24. The van der Waals surface area contributed by atoms with E-state index >= 15 is 0 Å². The van der Waals surface area contributed by atoms with Gasteiger partial charge < -0.3 is 10.2 Å². The van der Waals surface area contributed by atoms with E-state index < -0.39 is 34.3 Å². The van der Waals surface area contributed by atoms with Crippen molar-refractivity contribution in [1.29, 1.82) is 0 Å². The summed E-state index contributed by atoms with van der Waals surface area (Å²) in [5.74, 6) is -1.54. The predicted octanol–water partition coefficient (Wildman–Crippen LogP) is 6.16. The van der Waals surface area contributed by atoms with Crippen LogP contribution in [0.2, 0.25) is 5.02 Å². The van der Waals surface area contributed by atoms with Crippen molar-refractivity contribution in [3.8, 4) is 0 Å². The van der Waals surface area contributed by atoms with Gasteiger partial charge in [-0.15, -0.1) is 0 Å². The van der Waals surface area contributed by atoms with E-state index in [4.69, 9.17) is 11.6 Å². The summed E-state index contributed by atoms with van der Waals surface area (Å²) in [4.78, 5) is 28.7. The molecule has 1 fully saturated rings. The van der Waals surface area contributed by atoms with Gasteiger partial charge in [0.2, 0.25) is 11.8 Å². The number of aryl methyl sites for hydroxylation is 2. The normalized spacial score (nSPS) is 14.7. The van der Waals surface area contributed by atoms with Crippen LogP contribution in [0.3, 0.4) is 0 Å². The summed E-state index contributed by atoms with van der Waals surface area (Å²) in [6.45, 7) is 4.33. The summed E-state index contributed by atoms with van der Waals surface area (Å²) in [5.41, 5.74) is 1.92. The van der Waals surface area contributed by atoms with Crippen molar-refractivity contribution in [2.75, 3.05) is 10.8 Å². The number of amides is 2. The van der Waals surface area contributed by atoms with Gasteiger partial charge in [-0.3, -0.25) is 13.9 Å². The number of halogens is 2. The number of carbonyl (C=O) groups is 2. The van der Waals surface area contributed by atoms with E-state index in [0.717, 1.165) is 42.0 Å². The molecule has 1 aliphatic rings. The smallest absolute Gasteiger partial charge is 0.264 e. The van der Waals surface area contributed by atoms with Gasteiger partial charge in [-0.25, -0.2) is 12.8 Å². The molecule has 3 aromatic carbocycles. The van der Waals surface area contributed by atoms with Gasteiger partial charge in [-0.1, -0.05) is 72.8 Å². The lowest BCUT2D eigenvalue weighted by Gasteiger charge is -2.33. The average Bonchev–Trinajstić information content (AvgIpc) is 2.97. The predicted molar refractivity (Wildman–Crippen MR) is 163 cm³/mol. The molecule has 0 saturated heterocycles. The van der Waals surface area contributed by atoms with Crippen LogP contribution < -0.4 is 9.62 Å². The zero-order chi connectivity index (χ0) is 30.4. The van der Waals surface area contributed by atoms with Crippen molar-refractivity contribution < 1.29 is 22.4 Å². The van der Waals surface area contributed by atoms with E-state index in [2.05, 4.69) is 5.32 Å². The number of benzene rings is 3. The zero-order valence-corrected chi connectivity index (χ0v) is 25.7. The Morgan fingerprint density at radius 2 is 1.67 bits per heavy atom. The molecule has 1 aliphatic carbocycles. The summed E-state index contributed by atoms with van der Waals surface area (Å²) in [6, 6.07) is 16.2. The van der Waals surface area contributed by atoms with Crippen LogP contribution in [0.25, 0.3) is 0 Å². The van der Waals surface area contributed by atoms with E-state index in [9.17, 15) is 22.4 Å². The van der Waals surface area contributed by atoms with E-state index in [-0.39, 0.29) is 34.6 Å². The van der Waals surface area contributed by atoms with E-state index in [0.29, 0.717) is 10.6 Å². The quantitative estimate of drug-likeness (QED) is 0.297. The second-order valence-corrected chi connectivity index (χ2v) is 13.2. The Bertz CT molecular complexity index is 1520. The topological polar surface area (TPSA) is 86.8 Å². The first-order chi connectivity index (χ1) is 20.0. The van der Waals surface area contributed by atoms with Crippen molar-refractivity contribution in [3.05, 3.63) is 94.3 Å². The minimum absolute atomic E-state index is 0.00372. The van der Waals surface area contributed by atoms with E-state index in [1.807, 2.05) is 6.92 Å². The number of hydrogen-bond acceptors (Lipinski definition) is 4. The molecule has 1 N–H and O–H groups in total. The Labute approximate surface area is 252 Å². The summed E-state index contributed by atoms with van der Waals surface area (Å²) >= 11 is 6.27. The molecule has 224 valence electrons. The van der Waals surface area contributed by atoms with E-state index in [1.54, 1.807) is 56.3 Å². The summed E-state index contributed by atoms with van der Waals surface area (Å²) in [5, 5.41) is 3.34. The third-order valence-corrected chi connectivity index (χ3v) is 9.75. The number of anilines is 1. The Morgan fingerprint density at radius 3 is 2.33 bits per heavy atom. The molecule has 1 atom stereocenters. The molecule has 10 heteroatoms. The molecular formula is C32H37ClFN3O4S. The first-order valence-corrected chi connectivity index (χ1v) is 16.0. The van der Waals surface area contributed by atoms with Crippen LogP contribution in [0.5, 0.6) is 0 Å². The van der Waals surface area contributed by atoms with Crippen LogP contribution in [0.1, 0.15) is 55.7 Å². The monoisotopic (exact) mass is 613 g/mol. The SMILES string of the molecule is Cc1ccc(S(=O)(=O)N(CC(=O)N(Cc2ccccc2F)C(C)C(=O)NC2CCCCC2)c2cc(Cl)ccc2C)cc1. The van der Waals surface area contributed by atoms with Crippen molar-refractivity contribution in [1.82, 2.24) is 10.2 Å². The number of nitrogens with zero attached hydrogens (tertiary/aromatic N) is 2. The summed E-state index contributed by atoms with van der Waals surface area (Å²) in [6.07, 6.45) is 4.87. The van der Waals surface area contributed by atoms with Gasteiger partial charge >= 0.3 is 0 Å². The van der Waals surface area contributed by atoms with Crippen LogP contribution in [0.15, 0.2) is 71.6 Å².